The maximum atomic E-state index is 5.55. The fourth-order valence-corrected chi connectivity index (χ4v) is 1.04. The second kappa shape index (κ2) is 4.70. The Morgan fingerprint density at radius 2 is 2.27 bits per heavy atom. The summed E-state index contributed by atoms with van der Waals surface area (Å²) in [5.74, 6) is 3.89. The Morgan fingerprint density at radius 3 is 2.87 bits per heavy atom. The summed E-state index contributed by atoms with van der Waals surface area (Å²) in [5, 5.41) is 3.11. The zero-order valence-electron chi connectivity index (χ0n) is 9.37. The molecular formula is C12H16N2O. The third-order valence-electron chi connectivity index (χ3n) is 1.79. The van der Waals surface area contributed by atoms with Crippen molar-refractivity contribution in [2.75, 3.05) is 11.9 Å². The predicted molar refractivity (Wildman–Crippen MR) is 61.9 cm³/mol. The highest BCUT2D eigenvalue weighted by molar-refractivity contribution is 5.37. The topological polar surface area (TPSA) is 34.1 Å². The Labute approximate surface area is 90.9 Å². The van der Waals surface area contributed by atoms with E-state index in [0.29, 0.717) is 5.88 Å². The highest BCUT2D eigenvalue weighted by Gasteiger charge is 2.16. The first-order valence-electron chi connectivity index (χ1n) is 4.95. The first-order valence-corrected chi connectivity index (χ1v) is 4.95. The summed E-state index contributed by atoms with van der Waals surface area (Å²) in [6.45, 7) is 6.50. The van der Waals surface area contributed by atoms with Crippen molar-refractivity contribution in [1.82, 2.24) is 4.98 Å². The SMILES string of the molecule is C#CC(C)(C)Oc1cccc(NCC)n1. The highest BCUT2D eigenvalue weighted by atomic mass is 16.5. The molecule has 0 bridgehead atoms. The van der Waals surface area contributed by atoms with Crippen molar-refractivity contribution in [2.24, 2.45) is 0 Å². The lowest BCUT2D eigenvalue weighted by atomic mass is 10.1. The van der Waals surface area contributed by atoms with Crippen LogP contribution in [0.1, 0.15) is 20.8 Å². The van der Waals surface area contributed by atoms with Crippen molar-refractivity contribution in [2.45, 2.75) is 26.4 Å². The van der Waals surface area contributed by atoms with E-state index in [1.54, 1.807) is 6.07 Å². The van der Waals surface area contributed by atoms with Gasteiger partial charge >= 0.3 is 0 Å². The summed E-state index contributed by atoms with van der Waals surface area (Å²) in [6.07, 6.45) is 5.33. The molecule has 3 nitrogen and oxygen atoms in total. The van der Waals surface area contributed by atoms with Crippen LogP contribution in [0.2, 0.25) is 0 Å². The summed E-state index contributed by atoms with van der Waals surface area (Å²) in [5.41, 5.74) is -0.627. The van der Waals surface area contributed by atoms with Crippen LogP contribution in [0.5, 0.6) is 5.88 Å². The summed E-state index contributed by atoms with van der Waals surface area (Å²) in [6, 6.07) is 5.56. The van der Waals surface area contributed by atoms with Crippen molar-refractivity contribution < 1.29 is 4.74 Å². The van der Waals surface area contributed by atoms with E-state index in [1.165, 1.54) is 0 Å². The molecule has 1 aromatic rings. The van der Waals surface area contributed by atoms with Gasteiger partial charge in [0.1, 0.15) is 5.82 Å². The first kappa shape index (κ1) is 11.4. The van der Waals surface area contributed by atoms with Crippen LogP contribution in [0.3, 0.4) is 0 Å². The monoisotopic (exact) mass is 204 g/mol. The second-order valence-corrected chi connectivity index (χ2v) is 3.65. The van der Waals surface area contributed by atoms with Gasteiger partial charge < -0.3 is 10.1 Å². The van der Waals surface area contributed by atoms with Crippen molar-refractivity contribution in [3.63, 3.8) is 0 Å². The number of anilines is 1. The molecule has 0 aliphatic heterocycles. The number of nitrogens with zero attached hydrogens (tertiary/aromatic N) is 1. The van der Waals surface area contributed by atoms with Gasteiger partial charge in [-0.3, -0.25) is 0 Å². The molecule has 80 valence electrons. The van der Waals surface area contributed by atoms with Crippen molar-refractivity contribution in [1.29, 1.82) is 0 Å². The van der Waals surface area contributed by atoms with E-state index in [0.717, 1.165) is 12.4 Å². The standard InChI is InChI=1S/C12H16N2O/c1-5-12(3,4)15-11-9-7-8-10(14-11)13-6-2/h1,7-9H,6H2,2-4H3,(H,13,14). The lowest BCUT2D eigenvalue weighted by Gasteiger charge is -2.19. The quantitative estimate of drug-likeness (QED) is 0.764. The average Bonchev–Trinajstić information content (AvgIpc) is 2.18. The molecule has 3 heteroatoms. The van der Waals surface area contributed by atoms with Crippen LogP contribution in [-0.2, 0) is 0 Å². The van der Waals surface area contributed by atoms with Gasteiger partial charge in [0.15, 0.2) is 5.60 Å². The number of ether oxygens (including phenoxy) is 1. The molecule has 1 rings (SSSR count). The number of pyridine rings is 1. The van der Waals surface area contributed by atoms with Gasteiger partial charge in [-0.15, -0.1) is 6.42 Å². The summed E-state index contributed by atoms with van der Waals surface area (Å²) in [4.78, 5) is 4.27. The molecular weight excluding hydrogens is 188 g/mol. The summed E-state index contributed by atoms with van der Waals surface area (Å²) in [7, 11) is 0. The smallest absolute Gasteiger partial charge is 0.216 e. The van der Waals surface area contributed by atoms with Crippen LogP contribution in [0.15, 0.2) is 18.2 Å². The van der Waals surface area contributed by atoms with Crippen molar-refractivity contribution in [3.8, 4) is 18.2 Å². The molecule has 0 aliphatic rings. The molecule has 0 radical (unpaired) electrons. The molecule has 0 saturated heterocycles. The van der Waals surface area contributed by atoms with Crippen LogP contribution >= 0.6 is 0 Å². The van der Waals surface area contributed by atoms with E-state index in [9.17, 15) is 0 Å². The Kier molecular flexibility index (Phi) is 3.56. The first-order chi connectivity index (χ1) is 7.07. The number of nitrogens with one attached hydrogen (secondary N) is 1. The molecule has 0 aliphatic carbocycles. The number of terminal acetylenes is 1. The fraction of sp³-hybridized carbons (Fsp3) is 0.417. The molecule has 0 saturated carbocycles. The van der Waals surface area contributed by atoms with E-state index in [2.05, 4.69) is 16.2 Å². The Balaban J connectivity index is 2.79. The number of hydrogen-bond acceptors (Lipinski definition) is 3. The Morgan fingerprint density at radius 1 is 1.53 bits per heavy atom. The molecule has 0 fully saturated rings. The molecule has 1 heterocycles. The molecule has 0 aromatic carbocycles. The average molecular weight is 204 g/mol. The van der Waals surface area contributed by atoms with E-state index >= 15 is 0 Å². The minimum Gasteiger partial charge on any atom is -0.458 e. The third-order valence-corrected chi connectivity index (χ3v) is 1.79. The van der Waals surface area contributed by atoms with Crippen LogP contribution in [0.4, 0.5) is 5.82 Å². The predicted octanol–water partition coefficient (Wildman–Crippen LogP) is 2.30. The van der Waals surface area contributed by atoms with E-state index < -0.39 is 5.60 Å². The zero-order chi connectivity index (χ0) is 11.3. The zero-order valence-corrected chi connectivity index (χ0v) is 9.37. The lowest BCUT2D eigenvalue weighted by Crippen LogP contribution is -2.26. The maximum Gasteiger partial charge on any atom is 0.216 e. The molecule has 0 amide bonds. The second-order valence-electron chi connectivity index (χ2n) is 3.65. The largest absolute Gasteiger partial charge is 0.458 e. The summed E-state index contributed by atoms with van der Waals surface area (Å²) < 4.78 is 5.55. The van der Waals surface area contributed by atoms with Crippen LogP contribution in [-0.4, -0.2) is 17.1 Å². The van der Waals surface area contributed by atoms with Crippen LogP contribution in [0.25, 0.3) is 0 Å². The van der Waals surface area contributed by atoms with E-state index in [1.807, 2.05) is 32.9 Å². The summed E-state index contributed by atoms with van der Waals surface area (Å²) >= 11 is 0. The third kappa shape index (κ3) is 3.51. The van der Waals surface area contributed by atoms with E-state index in [4.69, 9.17) is 11.2 Å². The Hall–Kier alpha value is -1.69. The normalized spacial score (nSPS) is 10.5. The number of rotatable bonds is 4. The van der Waals surface area contributed by atoms with Gasteiger partial charge in [0.2, 0.25) is 5.88 Å². The molecule has 1 N–H and O–H groups in total. The number of aromatic nitrogens is 1. The highest BCUT2D eigenvalue weighted by Crippen LogP contribution is 2.17. The van der Waals surface area contributed by atoms with Gasteiger partial charge in [-0.05, 0) is 26.8 Å². The van der Waals surface area contributed by atoms with Gasteiger partial charge in [0, 0.05) is 12.6 Å². The molecule has 0 spiro atoms. The fourth-order valence-electron chi connectivity index (χ4n) is 1.04. The number of hydrogen-bond donors (Lipinski definition) is 1. The molecule has 0 atom stereocenters. The molecule has 15 heavy (non-hydrogen) atoms. The van der Waals surface area contributed by atoms with Gasteiger partial charge in [0.05, 0.1) is 0 Å². The van der Waals surface area contributed by atoms with Crippen LogP contribution < -0.4 is 10.1 Å². The minimum absolute atomic E-state index is 0.538. The van der Waals surface area contributed by atoms with Gasteiger partial charge in [-0.25, -0.2) is 0 Å². The molecule has 0 unspecified atom stereocenters. The van der Waals surface area contributed by atoms with Gasteiger partial charge in [-0.1, -0.05) is 12.0 Å². The minimum atomic E-state index is -0.627. The van der Waals surface area contributed by atoms with Crippen molar-refractivity contribution in [3.05, 3.63) is 18.2 Å². The van der Waals surface area contributed by atoms with Crippen molar-refractivity contribution >= 4 is 5.82 Å². The lowest BCUT2D eigenvalue weighted by molar-refractivity contribution is 0.165. The van der Waals surface area contributed by atoms with E-state index in [-0.39, 0.29) is 0 Å². The Bertz CT molecular complexity index is 366. The van der Waals surface area contributed by atoms with Gasteiger partial charge in [-0.2, -0.15) is 4.98 Å². The maximum absolute atomic E-state index is 5.55. The van der Waals surface area contributed by atoms with Crippen LogP contribution in [0, 0.1) is 12.3 Å². The molecule has 1 aromatic heterocycles. The van der Waals surface area contributed by atoms with Gasteiger partial charge in [0.25, 0.3) is 0 Å².